The molecule has 9 nitrogen and oxygen atoms in total. The summed E-state index contributed by atoms with van der Waals surface area (Å²) >= 11 is 0. The number of imidazole rings is 1. The van der Waals surface area contributed by atoms with Crippen molar-refractivity contribution in [2.24, 2.45) is 5.92 Å². The number of carboxylic acids is 1. The van der Waals surface area contributed by atoms with Gasteiger partial charge in [0.25, 0.3) is 0 Å². The van der Waals surface area contributed by atoms with E-state index in [1.807, 2.05) is 0 Å². The van der Waals surface area contributed by atoms with Gasteiger partial charge in [-0.3, -0.25) is 9.59 Å². The Morgan fingerprint density at radius 2 is 2.27 bits per heavy atom. The first-order chi connectivity index (χ1) is 10.6. The molecule has 1 unspecified atom stereocenters. The van der Waals surface area contributed by atoms with Gasteiger partial charge in [-0.2, -0.15) is 0 Å². The second-order valence-electron chi connectivity index (χ2n) is 5.32. The number of carbonyl (C=O) groups is 2. The number of likely N-dealkylation sites (N-methyl/N-ethyl adjacent to an activating group) is 1. The number of fused-ring (bicyclic) bond motifs is 1. The topological polar surface area (TPSA) is 115 Å². The van der Waals surface area contributed by atoms with Gasteiger partial charge in [-0.1, -0.05) is 0 Å². The Morgan fingerprint density at radius 1 is 1.45 bits per heavy atom. The van der Waals surface area contributed by atoms with Crippen molar-refractivity contribution in [2.75, 3.05) is 31.6 Å². The molecule has 1 saturated heterocycles. The molecule has 1 aliphatic heterocycles. The van der Waals surface area contributed by atoms with Gasteiger partial charge >= 0.3 is 5.97 Å². The summed E-state index contributed by atoms with van der Waals surface area (Å²) in [5.74, 6) is -0.839. The summed E-state index contributed by atoms with van der Waals surface area (Å²) in [5, 5.41) is 8.99. The van der Waals surface area contributed by atoms with Crippen molar-refractivity contribution in [1.29, 1.82) is 0 Å². The molecule has 2 aromatic heterocycles. The second kappa shape index (κ2) is 5.58. The maximum absolute atomic E-state index is 12.3. The molecule has 3 rings (SSSR count). The van der Waals surface area contributed by atoms with Crippen molar-refractivity contribution in [3.8, 4) is 0 Å². The molecule has 1 aliphatic rings. The molecule has 1 amide bonds. The molecule has 116 valence electrons. The van der Waals surface area contributed by atoms with Crippen LogP contribution in [0.25, 0.3) is 11.2 Å². The lowest BCUT2D eigenvalue weighted by Gasteiger charge is -2.22. The van der Waals surface area contributed by atoms with Crippen LogP contribution in [0.15, 0.2) is 12.7 Å². The summed E-state index contributed by atoms with van der Waals surface area (Å²) in [5.41, 5.74) is 1.21. The minimum absolute atomic E-state index is 0.113. The van der Waals surface area contributed by atoms with Gasteiger partial charge in [0.15, 0.2) is 11.5 Å². The number of carbonyl (C=O) groups excluding carboxylic acids is 1. The van der Waals surface area contributed by atoms with Crippen molar-refractivity contribution < 1.29 is 14.7 Å². The zero-order valence-electron chi connectivity index (χ0n) is 12.1. The van der Waals surface area contributed by atoms with E-state index < -0.39 is 11.9 Å². The van der Waals surface area contributed by atoms with Gasteiger partial charge in [0.05, 0.1) is 18.8 Å². The Balaban J connectivity index is 1.69. The fourth-order valence-electron chi connectivity index (χ4n) is 2.61. The molecule has 0 radical (unpaired) electrons. The largest absolute Gasteiger partial charge is 0.481 e. The molecule has 0 aromatic carbocycles. The van der Waals surface area contributed by atoms with Crippen molar-refractivity contribution in [2.45, 2.75) is 6.42 Å². The van der Waals surface area contributed by atoms with Gasteiger partial charge in [-0.25, -0.2) is 15.0 Å². The summed E-state index contributed by atoms with van der Waals surface area (Å²) in [6, 6.07) is 0. The van der Waals surface area contributed by atoms with E-state index in [0.29, 0.717) is 29.9 Å². The zero-order valence-corrected chi connectivity index (χ0v) is 12.1. The van der Waals surface area contributed by atoms with Crippen LogP contribution in [0.3, 0.4) is 0 Å². The van der Waals surface area contributed by atoms with Gasteiger partial charge < -0.3 is 19.9 Å². The molecule has 0 aliphatic carbocycles. The Hall–Kier alpha value is -2.71. The van der Waals surface area contributed by atoms with Gasteiger partial charge in [-0.05, 0) is 6.42 Å². The third kappa shape index (κ3) is 2.57. The summed E-state index contributed by atoms with van der Waals surface area (Å²) in [6.45, 7) is 0.871. The number of anilines is 1. The molecule has 0 spiro atoms. The number of aliphatic carboxylic acids is 1. The van der Waals surface area contributed by atoms with Crippen LogP contribution in [0.5, 0.6) is 0 Å². The minimum Gasteiger partial charge on any atom is -0.481 e. The molecule has 1 fully saturated rings. The molecule has 3 heterocycles. The molecule has 2 aromatic rings. The minimum atomic E-state index is -0.848. The highest BCUT2D eigenvalue weighted by Crippen LogP contribution is 2.20. The van der Waals surface area contributed by atoms with Crippen LogP contribution >= 0.6 is 0 Å². The first-order valence-electron chi connectivity index (χ1n) is 6.92. The number of H-pyrrole nitrogens is 1. The van der Waals surface area contributed by atoms with Crippen LogP contribution < -0.4 is 4.90 Å². The average molecular weight is 304 g/mol. The normalized spacial score (nSPS) is 17.9. The molecule has 9 heteroatoms. The number of hydrogen-bond donors (Lipinski definition) is 2. The van der Waals surface area contributed by atoms with Crippen LogP contribution in [0.2, 0.25) is 0 Å². The molecule has 22 heavy (non-hydrogen) atoms. The number of likely N-dealkylation sites (tertiary alicyclic amines) is 1. The van der Waals surface area contributed by atoms with Gasteiger partial charge in [-0.15, -0.1) is 0 Å². The predicted molar refractivity (Wildman–Crippen MR) is 77.3 cm³/mol. The maximum atomic E-state index is 12.3. The molecule has 2 N–H and O–H groups in total. The van der Waals surface area contributed by atoms with E-state index in [1.54, 1.807) is 16.8 Å². The number of rotatable bonds is 4. The average Bonchev–Trinajstić information content (AvgIpc) is 3.15. The summed E-state index contributed by atoms with van der Waals surface area (Å²) in [4.78, 5) is 41.8. The Kier molecular flexibility index (Phi) is 3.61. The lowest BCUT2D eigenvalue weighted by atomic mass is 10.1. The highest BCUT2D eigenvalue weighted by Gasteiger charge is 2.31. The number of amides is 1. The molecular formula is C13H16N6O3. The summed E-state index contributed by atoms with van der Waals surface area (Å²) < 4.78 is 0. The van der Waals surface area contributed by atoms with E-state index in [1.165, 1.54) is 12.7 Å². The monoisotopic (exact) mass is 304 g/mol. The van der Waals surface area contributed by atoms with E-state index in [4.69, 9.17) is 5.11 Å². The van der Waals surface area contributed by atoms with Gasteiger partial charge in [0.1, 0.15) is 11.8 Å². The fourth-order valence-corrected chi connectivity index (χ4v) is 2.61. The van der Waals surface area contributed by atoms with E-state index in [0.717, 1.165) is 0 Å². The predicted octanol–water partition coefficient (Wildman–Crippen LogP) is -0.278. The van der Waals surface area contributed by atoms with Crippen molar-refractivity contribution in [3.05, 3.63) is 12.7 Å². The first-order valence-corrected chi connectivity index (χ1v) is 6.92. The maximum Gasteiger partial charge on any atom is 0.308 e. The SMILES string of the molecule is CN(CC(=O)N1CCC(C(=O)O)C1)c1ncnc2nc[nH]c12. The quantitative estimate of drug-likeness (QED) is 0.798. The summed E-state index contributed by atoms with van der Waals surface area (Å²) in [7, 11) is 1.76. The Labute approximate surface area is 126 Å². The summed E-state index contributed by atoms with van der Waals surface area (Å²) in [6.07, 6.45) is 3.43. The van der Waals surface area contributed by atoms with Crippen molar-refractivity contribution >= 4 is 28.9 Å². The lowest BCUT2D eigenvalue weighted by Crippen LogP contribution is -2.38. The Bertz CT molecular complexity index is 715. The Morgan fingerprint density at radius 3 is 3.00 bits per heavy atom. The number of aromatic amines is 1. The van der Waals surface area contributed by atoms with E-state index in [2.05, 4.69) is 19.9 Å². The van der Waals surface area contributed by atoms with Crippen molar-refractivity contribution in [3.63, 3.8) is 0 Å². The molecular weight excluding hydrogens is 288 g/mol. The first kappa shape index (κ1) is 14.2. The van der Waals surface area contributed by atoms with Crippen LogP contribution in [0.4, 0.5) is 5.82 Å². The smallest absolute Gasteiger partial charge is 0.308 e. The fraction of sp³-hybridized carbons (Fsp3) is 0.462. The van der Waals surface area contributed by atoms with Crippen LogP contribution in [-0.2, 0) is 9.59 Å². The lowest BCUT2D eigenvalue weighted by molar-refractivity contribution is -0.141. The third-order valence-corrected chi connectivity index (χ3v) is 3.83. The van der Waals surface area contributed by atoms with Gasteiger partial charge in [0.2, 0.25) is 5.91 Å². The number of nitrogens with one attached hydrogen (secondary N) is 1. The highest BCUT2D eigenvalue weighted by atomic mass is 16.4. The number of aromatic nitrogens is 4. The molecule has 1 atom stereocenters. The number of carboxylic acid groups (broad SMARTS) is 1. The third-order valence-electron chi connectivity index (χ3n) is 3.83. The molecule has 0 bridgehead atoms. The zero-order chi connectivity index (χ0) is 15.7. The van der Waals surface area contributed by atoms with Crippen molar-refractivity contribution in [1.82, 2.24) is 24.8 Å². The van der Waals surface area contributed by atoms with Gasteiger partial charge in [0, 0.05) is 20.1 Å². The highest BCUT2D eigenvalue weighted by molar-refractivity contribution is 5.87. The standard InChI is InChI=1S/C13H16N6O3/c1-18(12-10-11(15-6-14-10)16-7-17-12)5-9(20)19-3-2-8(4-19)13(21)22/h6-8H,2-5H2,1H3,(H,21,22)(H,14,15,16,17). The number of nitrogens with zero attached hydrogens (tertiary/aromatic N) is 5. The van der Waals surface area contributed by atoms with Crippen LogP contribution in [0.1, 0.15) is 6.42 Å². The van der Waals surface area contributed by atoms with Crippen LogP contribution in [0, 0.1) is 5.92 Å². The van der Waals surface area contributed by atoms with E-state index in [-0.39, 0.29) is 19.0 Å². The molecule has 0 saturated carbocycles. The van der Waals surface area contributed by atoms with E-state index >= 15 is 0 Å². The number of hydrogen-bond acceptors (Lipinski definition) is 6. The van der Waals surface area contributed by atoms with E-state index in [9.17, 15) is 9.59 Å². The van der Waals surface area contributed by atoms with Crippen LogP contribution in [-0.4, -0.2) is 68.5 Å². The second-order valence-corrected chi connectivity index (χ2v) is 5.32.